The number of halogens is 3. The number of likely N-dealkylation sites (tertiary alicyclic amines) is 1. The van der Waals surface area contributed by atoms with Gasteiger partial charge in [0.15, 0.2) is 5.78 Å². The molecule has 3 aromatic rings. The van der Waals surface area contributed by atoms with Crippen LogP contribution in [0.5, 0.6) is 0 Å². The number of ether oxygens (including phenoxy) is 2. The second kappa shape index (κ2) is 12.7. The number of nitro benzene ring substituents is 1. The van der Waals surface area contributed by atoms with E-state index < -0.39 is 74.5 Å². The Labute approximate surface area is 270 Å². The second-order valence-electron chi connectivity index (χ2n) is 10.7. The molecule has 4 atom stereocenters. The van der Waals surface area contributed by atoms with E-state index in [0.717, 1.165) is 25.3 Å². The van der Waals surface area contributed by atoms with Crippen molar-refractivity contribution in [2.24, 2.45) is 0 Å². The molecule has 0 unspecified atom stereocenters. The van der Waals surface area contributed by atoms with Gasteiger partial charge >= 0.3 is 5.97 Å². The van der Waals surface area contributed by atoms with Gasteiger partial charge < -0.3 is 14.8 Å². The van der Waals surface area contributed by atoms with Gasteiger partial charge in [0.25, 0.3) is 11.6 Å². The van der Waals surface area contributed by atoms with Crippen molar-refractivity contribution in [1.82, 2.24) is 4.90 Å². The maximum atomic E-state index is 15.9. The van der Waals surface area contributed by atoms with E-state index in [0.29, 0.717) is 0 Å². The number of nitro groups is 2. The summed E-state index contributed by atoms with van der Waals surface area (Å²) in [5.74, 6) is -5.03. The number of nitrogens with one attached hydrogen (secondary N) is 1. The number of carbonyl (C=O) groups excluding carboxylic acids is 3. The average molecular weight is 675 g/mol. The van der Waals surface area contributed by atoms with Crippen molar-refractivity contribution in [3.63, 3.8) is 0 Å². The van der Waals surface area contributed by atoms with E-state index in [9.17, 15) is 34.6 Å². The van der Waals surface area contributed by atoms with E-state index in [-0.39, 0.29) is 45.6 Å². The number of rotatable bonds is 10. The van der Waals surface area contributed by atoms with Crippen molar-refractivity contribution in [3.8, 4) is 0 Å². The molecule has 0 aliphatic carbocycles. The molecule has 0 radical (unpaired) electrons. The SMILES string of the molecule is COCCN1[C@@H](CC(=O)c2ccc(C(=O)OC)cc2[N+](=O)[O-])[C@@H]([N+](=O)[O-])[C@H](c2cccc(Cl)c2F)[C@]12C(=O)Nc1cc(Cl)ccc12. The van der Waals surface area contributed by atoms with Crippen molar-refractivity contribution >= 4 is 52.2 Å². The molecule has 16 heteroatoms. The molecule has 1 spiro atoms. The lowest BCUT2D eigenvalue weighted by Crippen LogP contribution is -2.53. The van der Waals surface area contributed by atoms with Crippen LogP contribution in [0.25, 0.3) is 0 Å². The number of hydrogen-bond donors (Lipinski definition) is 1. The smallest absolute Gasteiger partial charge is 0.338 e. The molecule has 0 saturated carbocycles. The highest BCUT2D eigenvalue weighted by atomic mass is 35.5. The zero-order valence-electron chi connectivity index (χ0n) is 24.2. The first kappa shape index (κ1) is 32.9. The van der Waals surface area contributed by atoms with Gasteiger partial charge in [-0.2, -0.15) is 0 Å². The molecule has 46 heavy (non-hydrogen) atoms. The predicted octanol–water partition coefficient (Wildman–Crippen LogP) is 5.01. The summed E-state index contributed by atoms with van der Waals surface area (Å²) in [6.45, 7) is -0.206. The van der Waals surface area contributed by atoms with Crippen LogP contribution in [0, 0.1) is 26.0 Å². The van der Waals surface area contributed by atoms with Gasteiger partial charge in [-0.3, -0.25) is 34.7 Å². The minimum atomic E-state index is -1.96. The Bertz CT molecular complexity index is 1790. The number of benzene rings is 3. The number of methoxy groups -OCH3 is 2. The lowest BCUT2D eigenvalue weighted by Gasteiger charge is -2.38. The molecule has 0 bridgehead atoms. The Hall–Kier alpha value is -4.50. The van der Waals surface area contributed by atoms with Crippen LogP contribution in [-0.2, 0) is 19.8 Å². The number of nitrogens with zero attached hydrogens (tertiary/aromatic N) is 3. The summed E-state index contributed by atoms with van der Waals surface area (Å²) in [6.07, 6.45) is -0.704. The molecule has 240 valence electrons. The Kier molecular flexibility index (Phi) is 9.09. The summed E-state index contributed by atoms with van der Waals surface area (Å²) in [7, 11) is 2.45. The van der Waals surface area contributed by atoms with E-state index in [1.807, 2.05) is 0 Å². The van der Waals surface area contributed by atoms with E-state index in [1.165, 1.54) is 48.4 Å². The van der Waals surface area contributed by atoms with Crippen LogP contribution in [0.1, 0.15) is 44.2 Å². The first-order chi connectivity index (χ1) is 21.9. The molecule has 1 fully saturated rings. The van der Waals surface area contributed by atoms with E-state index >= 15 is 4.39 Å². The van der Waals surface area contributed by atoms with Crippen LogP contribution in [0.15, 0.2) is 54.6 Å². The lowest BCUT2D eigenvalue weighted by atomic mass is 9.73. The van der Waals surface area contributed by atoms with Gasteiger partial charge in [-0.15, -0.1) is 0 Å². The largest absolute Gasteiger partial charge is 0.465 e. The summed E-state index contributed by atoms with van der Waals surface area (Å²) in [5, 5.41) is 27.6. The topological polar surface area (TPSA) is 171 Å². The number of hydrogen-bond acceptors (Lipinski definition) is 10. The standard InChI is InChI=1S/C30H25Cl2FN4O9/c1-45-11-10-35-23(14-24(38)17-8-6-15(28(39)46-2)12-22(17)36(41)42)27(37(43)44)25(18-4-3-5-20(32)26(18)33)30(35)19-9-7-16(31)13-21(19)34-29(30)40/h3-9,12-13,23,25,27H,10-11,14H2,1-2H3,(H,34,40)/t23-,25-,27+,30+/m0/s1. The van der Waals surface area contributed by atoms with Crippen LogP contribution in [0.3, 0.4) is 0 Å². The number of carbonyl (C=O) groups is 3. The van der Waals surface area contributed by atoms with Crippen LogP contribution >= 0.6 is 23.2 Å². The quantitative estimate of drug-likeness (QED) is 0.133. The van der Waals surface area contributed by atoms with Gasteiger partial charge in [0.2, 0.25) is 6.04 Å². The minimum absolute atomic E-state index is 0.0637. The summed E-state index contributed by atoms with van der Waals surface area (Å²) in [6, 6.07) is 8.24. The first-order valence-electron chi connectivity index (χ1n) is 13.7. The average Bonchev–Trinajstić information content (AvgIpc) is 3.46. The zero-order chi connectivity index (χ0) is 33.5. The van der Waals surface area contributed by atoms with Crippen LogP contribution < -0.4 is 5.32 Å². The summed E-state index contributed by atoms with van der Waals surface area (Å²) < 4.78 is 25.8. The van der Waals surface area contributed by atoms with E-state index in [2.05, 4.69) is 10.1 Å². The van der Waals surface area contributed by atoms with E-state index in [4.69, 9.17) is 27.9 Å². The van der Waals surface area contributed by atoms with Gasteiger partial charge in [-0.1, -0.05) is 41.4 Å². The van der Waals surface area contributed by atoms with Gasteiger partial charge in [-0.25, -0.2) is 9.18 Å². The van der Waals surface area contributed by atoms with Crippen molar-refractivity contribution in [2.75, 3.05) is 32.7 Å². The maximum absolute atomic E-state index is 15.9. The third-order valence-corrected chi connectivity index (χ3v) is 8.96. The number of anilines is 1. The molecule has 5 rings (SSSR count). The number of fused-ring (bicyclic) bond motifs is 2. The Morgan fingerprint density at radius 2 is 1.83 bits per heavy atom. The Morgan fingerprint density at radius 3 is 2.48 bits per heavy atom. The normalized spacial score (nSPS) is 22.0. The number of esters is 1. The number of amides is 1. The summed E-state index contributed by atoms with van der Waals surface area (Å²) >= 11 is 12.3. The predicted molar refractivity (Wildman–Crippen MR) is 162 cm³/mol. The molecule has 1 amide bonds. The summed E-state index contributed by atoms with van der Waals surface area (Å²) in [4.78, 5) is 65.0. The Balaban J connectivity index is 1.75. The van der Waals surface area contributed by atoms with Gasteiger partial charge in [0, 0.05) is 52.9 Å². The van der Waals surface area contributed by atoms with Crippen molar-refractivity contribution in [1.29, 1.82) is 0 Å². The van der Waals surface area contributed by atoms with Crippen LogP contribution in [0.4, 0.5) is 15.8 Å². The monoisotopic (exact) mass is 674 g/mol. The highest BCUT2D eigenvalue weighted by Crippen LogP contribution is 2.59. The fourth-order valence-corrected chi connectivity index (χ4v) is 6.99. The molecule has 13 nitrogen and oxygen atoms in total. The number of Topliss-reactive ketones (excluding diaryl/α,β-unsaturated/α-hetero) is 1. The molecule has 2 aliphatic heterocycles. The highest BCUT2D eigenvalue weighted by molar-refractivity contribution is 6.31. The second-order valence-corrected chi connectivity index (χ2v) is 11.5. The Morgan fingerprint density at radius 1 is 1.09 bits per heavy atom. The van der Waals surface area contributed by atoms with Crippen LogP contribution in [-0.4, -0.2) is 71.9 Å². The molecule has 1 N–H and O–H groups in total. The van der Waals surface area contributed by atoms with Crippen molar-refractivity contribution < 1.29 is 38.1 Å². The van der Waals surface area contributed by atoms with E-state index in [1.54, 1.807) is 0 Å². The van der Waals surface area contributed by atoms with Gasteiger partial charge in [0.1, 0.15) is 11.4 Å². The molecule has 3 aromatic carbocycles. The molecule has 2 aliphatic rings. The van der Waals surface area contributed by atoms with Gasteiger partial charge in [-0.05, 0) is 30.3 Å². The third-order valence-electron chi connectivity index (χ3n) is 8.43. The van der Waals surface area contributed by atoms with Crippen molar-refractivity contribution in [3.05, 3.63) is 113 Å². The zero-order valence-corrected chi connectivity index (χ0v) is 25.7. The molecule has 2 heterocycles. The molecule has 0 aromatic heterocycles. The highest BCUT2D eigenvalue weighted by Gasteiger charge is 2.71. The fraction of sp³-hybridized carbons (Fsp3) is 0.300. The first-order valence-corrected chi connectivity index (χ1v) is 14.5. The maximum Gasteiger partial charge on any atom is 0.338 e. The van der Waals surface area contributed by atoms with Crippen molar-refractivity contribution in [2.45, 2.75) is 30.0 Å². The molecular weight excluding hydrogens is 650 g/mol. The van der Waals surface area contributed by atoms with Gasteiger partial charge in [0.05, 0.1) is 46.7 Å². The summed E-state index contributed by atoms with van der Waals surface area (Å²) in [5.41, 5.74) is -3.07. The fourth-order valence-electron chi connectivity index (χ4n) is 6.64. The lowest BCUT2D eigenvalue weighted by molar-refractivity contribution is -0.528. The number of ketones is 1. The molecule has 1 saturated heterocycles. The third kappa shape index (κ3) is 5.26. The molecular formula is C30H25Cl2FN4O9. The van der Waals surface area contributed by atoms with Crippen LogP contribution in [0.2, 0.25) is 10.0 Å². The minimum Gasteiger partial charge on any atom is -0.465 e.